The number of aromatic amines is 2. The maximum absolute atomic E-state index is 13.5. The number of ether oxygens (including phenoxy) is 1. The third-order valence-electron chi connectivity index (χ3n) is 10.5. The minimum absolute atomic E-state index is 0.160. The van der Waals surface area contributed by atoms with Gasteiger partial charge in [-0.3, -0.25) is 24.2 Å². The van der Waals surface area contributed by atoms with Crippen molar-refractivity contribution in [1.29, 1.82) is 0 Å². The van der Waals surface area contributed by atoms with Crippen LogP contribution in [0.3, 0.4) is 0 Å². The Kier molecular flexibility index (Phi) is 11.8. The Hall–Kier alpha value is -6.65. The molecule has 2 saturated heterocycles. The number of rotatable bonds is 12. The van der Waals surface area contributed by atoms with Crippen LogP contribution in [0.1, 0.15) is 70.2 Å². The summed E-state index contributed by atoms with van der Waals surface area (Å²) in [5, 5.41) is 7.41. The number of hydrogen-bond donors (Lipinski definition) is 5. The molecule has 0 bridgehead atoms. The van der Waals surface area contributed by atoms with Crippen molar-refractivity contribution in [2.24, 2.45) is 5.92 Å². The van der Waals surface area contributed by atoms with Crippen LogP contribution in [-0.4, -0.2) is 109 Å². The number of hydrogen-bond acceptors (Lipinski definition) is 10. The van der Waals surface area contributed by atoms with Crippen LogP contribution < -0.4 is 16.0 Å². The molecule has 2 aliphatic rings. The van der Waals surface area contributed by atoms with E-state index in [-0.39, 0.29) is 48.8 Å². The largest absolute Gasteiger partial charge is 0.436 e. The predicted molar refractivity (Wildman–Crippen MR) is 213 cm³/mol. The number of benzene rings is 2. The first kappa shape index (κ1) is 39.6. The first-order valence-corrected chi connectivity index (χ1v) is 19.5. The van der Waals surface area contributed by atoms with Crippen molar-refractivity contribution in [2.75, 3.05) is 33.2 Å². The van der Waals surface area contributed by atoms with E-state index in [2.05, 4.69) is 35.9 Å². The van der Waals surface area contributed by atoms with E-state index < -0.39 is 18.1 Å². The SMILES string of the molecule is CNC(=O)O[C@H](C(=O)N1CCC[C@H]1c1ncc(-c2ccc(-c3cnc4cc(-c5cnc([C@@H]6CCCN6C(=O)CNC(=O)CNC(C)=O)[nH]5)ccc4n3)cc2)[nH]1)C(C)C. The van der Waals surface area contributed by atoms with Crippen molar-refractivity contribution in [2.45, 2.75) is 64.6 Å². The topological polar surface area (TPSA) is 220 Å². The molecule has 5 amide bonds. The van der Waals surface area contributed by atoms with Crippen molar-refractivity contribution in [3.63, 3.8) is 0 Å². The van der Waals surface area contributed by atoms with Gasteiger partial charge < -0.3 is 40.5 Å². The summed E-state index contributed by atoms with van der Waals surface area (Å²) in [6.45, 7) is 5.81. The van der Waals surface area contributed by atoms with E-state index >= 15 is 0 Å². The van der Waals surface area contributed by atoms with Crippen molar-refractivity contribution in [3.8, 4) is 33.8 Å². The number of H-pyrrole nitrogens is 2. The fourth-order valence-corrected chi connectivity index (χ4v) is 7.46. The first-order chi connectivity index (χ1) is 28.0. The van der Waals surface area contributed by atoms with Gasteiger partial charge >= 0.3 is 6.09 Å². The van der Waals surface area contributed by atoms with E-state index in [1.54, 1.807) is 28.4 Å². The van der Waals surface area contributed by atoms with Crippen LogP contribution in [0.5, 0.6) is 0 Å². The Morgan fingerprint density at radius 3 is 2.05 bits per heavy atom. The lowest BCUT2D eigenvalue weighted by molar-refractivity contribution is -0.143. The summed E-state index contributed by atoms with van der Waals surface area (Å²) in [5.41, 5.74) is 6.46. The lowest BCUT2D eigenvalue weighted by Gasteiger charge is -2.29. The van der Waals surface area contributed by atoms with Gasteiger partial charge in [-0.25, -0.2) is 19.7 Å². The molecule has 0 unspecified atom stereocenters. The Morgan fingerprint density at radius 2 is 1.40 bits per heavy atom. The van der Waals surface area contributed by atoms with Crippen molar-refractivity contribution in [1.82, 2.24) is 55.7 Å². The average Bonchev–Trinajstić information content (AvgIpc) is 4.07. The second-order valence-electron chi connectivity index (χ2n) is 14.8. The molecule has 17 heteroatoms. The average molecular weight is 790 g/mol. The van der Waals surface area contributed by atoms with Gasteiger partial charge in [0.05, 0.1) is 71.9 Å². The molecule has 5 N–H and O–H groups in total. The molecule has 7 rings (SSSR count). The molecule has 2 aromatic carbocycles. The number of aromatic nitrogens is 6. The summed E-state index contributed by atoms with van der Waals surface area (Å²) in [6.07, 6.45) is 6.87. The number of imidazole rings is 2. The molecular weight excluding hydrogens is 743 g/mol. The molecular formula is C41H47N11O6. The van der Waals surface area contributed by atoms with Gasteiger partial charge in [0, 0.05) is 38.2 Å². The molecule has 5 heterocycles. The van der Waals surface area contributed by atoms with Gasteiger partial charge in [-0.1, -0.05) is 44.2 Å². The highest BCUT2D eigenvalue weighted by atomic mass is 16.6. The van der Waals surface area contributed by atoms with Crippen LogP contribution in [-0.2, 0) is 23.9 Å². The van der Waals surface area contributed by atoms with Gasteiger partial charge in [0.2, 0.25) is 17.7 Å². The predicted octanol–water partition coefficient (Wildman–Crippen LogP) is 4.04. The molecule has 2 aliphatic heterocycles. The van der Waals surface area contributed by atoms with E-state index in [4.69, 9.17) is 14.7 Å². The third-order valence-corrected chi connectivity index (χ3v) is 10.5. The monoisotopic (exact) mass is 789 g/mol. The van der Waals surface area contributed by atoms with E-state index in [1.807, 2.05) is 56.3 Å². The fourth-order valence-electron chi connectivity index (χ4n) is 7.46. The van der Waals surface area contributed by atoms with Gasteiger partial charge in [-0.05, 0) is 49.3 Å². The minimum Gasteiger partial charge on any atom is -0.436 e. The van der Waals surface area contributed by atoms with Crippen LogP contribution in [0.15, 0.2) is 61.1 Å². The summed E-state index contributed by atoms with van der Waals surface area (Å²) in [6, 6.07) is 13.3. The number of nitrogens with zero attached hydrogens (tertiary/aromatic N) is 6. The van der Waals surface area contributed by atoms with Crippen LogP contribution in [0, 0.1) is 5.92 Å². The van der Waals surface area contributed by atoms with Crippen molar-refractivity contribution < 1.29 is 28.7 Å². The van der Waals surface area contributed by atoms with E-state index in [0.29, 0.717) is 30.3 Å². The zero-order valence-corrected chi connectivity index (χ0v) is 32.9. The highest BCUT2D eigenvalue weighted by molar-refractivity contribution is 5.88. The number of fused-ring (bicyclic) bond motifs is 1. The lowest BCUT2D eigenvalue weighted by Crippen LogP contribution is -2.45. The number of nitrogens with one attached hydrogen (secondary N) is 5. The molecule has 5 aromatic rings. The number of carbonyl (C=O) groups excluding carboxylic acids is 5. The molecule has 302 valence electrons. The maximum Gasteiger partial charge on any atom is 0.407 e. The summed E-state index contributed by atoms with van der Waals surface area (Å²) in [7, 11) is 1.47. The second-order valence-corrected chi connectivity index (χ2v) is 14.8. The lowest BCUT2D eigenvalue weighted by atomic mass is 10.1. The Bertz CT molecular complexity index is 2320. The van der Waals surface area contributed by atoms with Gasteiger partial charge in [0.1, 0.15) is 11.6 Å². The molecule has 0 aliphatic carbocycles. The third kappa shape index (κ3) is 8.67. The Balaban J connectivity index is 0.994. The molecule has 3 aromatic heterocycles. The maximum atomic E-state index is 13.5. The molecule has 0 spiro atoms. The van der Waals surface area contributed by atoms with Gasteiger partial charge in [-0.2, -0.15) is 0 Å². The van der Waals surface area contributed by atoms with Crippen molar-refractivity contribution >= 4 is 40.8 Å². The van der Waals surface area contributed by atoms with E-state index in [1.165, 1.54) is 14.0 Å². The number of amides is 5. The van der Waals surface area contributed by atoms with Gasteiger partial charge in [-0.15, -0.1) is 0 Å². The zero-order valence-electron chi connectivity index (χ0n) is 32.9. The summed E-state index contributed by atoms with van der Waals surface area (Å²) in [5.74, 6) is -0.0208. The molecule has 17 nitrogen and oxygen atoms in total. The summed E-state index contributed by atoms with van der Waals surface area (Å²) in [4.78, 5) is 90.6. The summed E-state index contributed by atoms with van der Waals surface area (Å²) < 4.78 is 5.42. The molecule has 58 heavy (non-hydrogen) atoms. The first-order valence-electron chi connectivity index (χ1n) is 19.5. The van der Waals surface area contributed by atoms with Gasteiger partial charge in [0.15, 0.2) is 6.10 Å². The quantitative estimate of drug-likeness (QED) is 0.122. The van der Waals surface area contributed by atoms with E-state index in [9.17, 15) is 24.0 Å². The highest BCUT2D eigenvalue weighted by Crippen LogP contribution is 2.35. The standard InChI is InChI=1S/C41H47N11O6/c1-23(2)37(58-41(57)42-4)40(56)52-16-6-8-34(52)39-46-19-31(49-39)26-11-9-25(10-12-26)30-18-44-29-17-27(13-14-28(29)48-30)32-20-47-38(50-32)33-7-5-15-51(33)36(55)22-45-35(54)21-43-24(3)53/h9-14,17-20,23,33-34,37H,5-8,15-16,21-22H2,1-4H3,(H,42,57)(H,43,53)(H,45,54)(H,46,49)(H,47,50)/t33-,34-,37-/m0/s1. The number of likely N-dealkylation sites (tertiary alicyclic amines) is 2. The molecule has 3 atom stereocenters. The molecule has 0 radical (unpaired) electrons. The smallest absolute Gasteiger partial charge is 0.407 e. The Labute approximate surface area is 334 Å². The second kappa shape index (κ2) is 17.2. The fraction of sp³-hybridized carbons (Fsp3) is 0.390. The van der Waals surface area contributed by atoms with Crippen LogP contribution in [0.4, 0.5) is 4.79 Å². The van der Waals surface area contributed by atoms with Gasteiger partial charge in [0.25, 0.3) is 5.91 Å². The van der Waals surface area contributed by atoms with Crippen molar-refractivity contribution in [3.05, 3.63) is 72.7 Å². The van der Waals surface area contributed by atoms with Crippen LogP contribution in [0.2, 0.25) is 0 Å². The number of carbonyl (C=O) groups is 5. The molecule has 0 saturated carbocycles. The minimum atomic E-state index is -0.889. The van der Waals surface area contributed by atoms with Crippen LogP contribution in [0.25, 0.3) is 44.8 Å². The van der Waals surface area contributed by atoms with E-state index in [0.717, 1.165) is 65.0 Å². The zero-order chi connectivity index (χ0) is 40.9. The Morgan fingerprint density at radius 1 is 0.776 bits per heavy atom. The normalized spacial score (nSPS) is 17.1. The number of alkyl carbamates (subject to hydrolysis) is 1. The molecule has 2 fully saturated rings. The highest BCUT2D eigenvalue weighted by Gasteiger charge is 2.38. The van der Waals surface area contributed by atoms with Crippen LogP contribution >= 0.6 is 0 Å². The summed E-state index contributed by atoms with van der Waals surface area (Å²) >= 11 is 0.